The van der Waals surface area contributed by atoms with Gasteiger partial charge in [-0.1, -0.05) is 6.07 Å². The molecule has 7 heteroatoms. The molecular weight excluding hydrogens is 340 g/mol. The van der Waals surface area contributed by atoms with Crippen LogP contribution >= 0.6 is 0 Å². The zero-order valence-corrected chi connectivity index (χ0v) is 15.5. The minimum absolute atomic E-state index is 0.0403. The highest BCUT2D eigenvalue weighted by atomic mass is 32.2. The molecule has 134 valence electrons. The normalized spacial score (nSPS) is 11.0. The Bertz CT molecular complexity index is 892. The van der Waals surface area contributed by atoms with Crippen LogP contribution in [0.3, 0.4) is 0 Å². The first kappa shape index (κ1) is 18.8. The molecule has 0 bridgehead atoms. The van der Waals surface area contributed by atoms with Gasteiger partial charge < -0.3 is 10.1 Å². The minimum Gasteiger partial charge on any atom is -0.494 e. The monoisotopic (exact) mass is 362 g/mol. The van der Waals surface area contributed by atoms with Gasteiger partial charge in [0.05, 0.1) is 18.6 Å². The predicted molar refractivity (Wildman–Crippen MR) is 99.9 cm³/mol. The number of carbonyl (C=O) groups excluding carboxylic acids is 1. The number of nitrogens with one attached hydrogen (secondary N) is 2. The molecule has 0 aliphatic rings. The topological polar surface area (TPSA) is 84.5 Å². The van der Waals surface area contributed by atoms with Crippen molar-refractivity contribution in [2.24, 2.45) is 0 Å². The number of methoxy groups -OCH3 is 1. The second-order valence-corrected chi connectivity index (χ2v) is 7.68. The van der Waals surface area contributed by atoms with E-state index in [0.29, 0.717) is 22.7 Å². The standard InChI is InChI=1S/C18H22N2O4S/c1-5-25(22,23)20-16-9-8-15(11-17(16)24-4)19-18(21)14-7-6-12(2)13(3)10-14/h6-11,20H,5H2,1-4H3,(H,19,21). The number of amides is 1. The van der Waals surface area contributed by atoms with Gasteiger partial charge in [0.15, 0.2) is 0 Å². The zero-order valence-electron chi connectivity index (χ0n) is 14.7. The van der Waals surface area contributed by atoms with E-state index in [1.165, 1.54) is 7.11 Å². The highest BCUT2D eigenvalue weighted by Gasteiger charge is 2.13. The first-order valence-electron chi connectivity index (χ1n) is 7.83. The smallest absolute Gasteiger partial charge is 0.255 e. The summed E-state index contributed by atoms with van der Waals surface area (Å²) in [4.78, 5) is 12.4. The lowest BCUT2D eigenvalue weighted by atomic mass is 10.1. The lowest BCUT2D eigenvalue weighted by Gasteiger charge is -2.13. The van der Waals surface area contributed by atoms with Gasteiger partial charge in [-0.2, -0.15) is 0 Å². The Morgan fingerprint density at radius 3 is 2.40 bits per heavy atom. The van der Waals surface area contributed by atoms with E-state index in [9.17, 15) is 13.2 Å². The summed E-state index contributed by atoms with van der Waals surface area (Å²) in [7, 11) is -1.97. The summed E-state index contributed by atoms with van der Waals surface area (Å²) in [5, 5.41) is 2.79. The number of carbonyl (C=O) groups is 1. The van der Waals surface area contributed by atoms with Crippen LogP contribution < -0.4 is 14.8 Å². The van der Waals surface area contributed by atoms with Crippen LogP contribution in [0.2, 0.25) is 0 Å². The van der Waals surface area contributed by atoms with E-state index in [0.717, 1.165) is 11.1 Å². The lowest BCUT2D eigenvalue weighted by molar-refractivity contribution is 0.102. The third kappa shape index (κ3) is 4.73. The van der Waals surface area contributed by atoms with Gasteiger partial charge in [0.2, 0.25) is 10.0 Å². The van der Waals surface area contributed by atoms with E-state index in [1.807, 2.05) is 26.0 Å². The summed E-state index contributed by atoms with van der Waals surface area (Å²) >= 11 is 0. The summed E-state index contributed by atoms with van der Waals surface area (Å²) in [6, 6.07) is 10.2. The van der Waals surface area contributed by atoms with E-state index in [1.54, 1.807) is 31.2 Å². The number of rotatable bonds is 6. The molecule has 0 spiro atoms. The van der Waals surface area contributed by atoms with Crippen molar-refractivity contribution in [1.29, 1.82) is 0 Å². The molecule has 0 unspecified atom stereocenters. The Kier molecular flexibility index (Phi) is 5.69. The maximum absolute atomic E-state index is 12.4. The van der Waals surface area contributed by atoms with Crippen molar-refractivity contribution < 1.29 is 17.9 Å². The Labute approximate surface area is 148 Å². The minimum atomic E-state index is -3.41. The molecule has 2 N–H and O–H groups in total. The molecule has 0 saturated heterocycles. The lowest BCUT2D eigenvalue weighted by Crippen LogP contribution is -2.16. The third-order valence-corrected chi connectivity index (χ3v) is 5.16. The van der Waals surface area contributed by atoms with Crippen molar-refractivity contribution in [3.63, 3.8) is 0 Å². The Morgan fingerprint density at radius 1 is 1.08 bits per heavy atom. The van der Waals surface area contributed by atoms with E-state index >= 15 is 0 Å². The van der Waals surface area contributed by atoms with Crippen molar-refractivity contribution in [2.75, 3.05) is 22.9 Å². The van der Waals surface area contributed by atoms with Gasteiger partial charge in [0.1, 0.15) is 5.75 Å². The second kappa shape index (κ2) is 7.57. The van der Waals surface area contributed by atoms with Gasteiger partial charge in [-0.3, -0.25) is 9.52 Å². The molecule has 0 fully saturated rings. The molecule has 2 aromatic rings. The van der Waals surface area contributed by atoms with E-state index in [4.69, 9.17) is 4.74 Å². The molecule has 1 amide bonds. The van der Waals surface area contributed by atoms with E-state index in [-0.39, 0.29) is 11.7 Å². The maximum Gasteiger partial charge on any atom is 0.255 e. The van der Waals surface area contributed by atoms with Crippen LogP contribution in [-0.2, 0) is 10.0 Å². The largest absolute Gasteiger partial charge is 0.494 e. The average Bonchev–Trinajstić information content (AvgIpc) is 2.58. The molecule has 0 atom stereocenters. The van der Waals surface area contributed by atoms with Gasteiger partial charge >= 0.3 is 0 Å². The predicted octanol–water partition coefficient (Wildman–Crippen LogP) is 3.33. The fourth-order valence-electron chi connectivity index (χ4n) is 2.18. The number of hydrogen-bond acceptors (Lipinski definition) is 4. The van der Waals surface area contributed by atoms with Crippen molar-refractivity contribution in [3.8, 4) is 5.75 Å². The van der Waals surface area contributed by atoms with Crippen LogP contribution in [0.4, 0.5) is 11.4 Å². The molecule has 0 heterocycles. The first-order valence-corrected chi connectivity index (χ1v) is 9.48. The summed E-state index contributed by atoms with van der Waals surface area (Å²) in [5.41, 5.74) is 3.55. The van der Waals surface area contributed by atoms with Crippen molar-refractivity contribution in [1.82, 2.24) is 0 Å². The number of anilines is 2. The number of hydrogen-bond donors (Lipinski definition) is 2. The second-order valence-electron chi connectivity index (χ2n) is 5.67. The molecule has 25 heavy (non-hydrogen) atoms. The van der Waals surface area contributed by atoms with Gasteiger partial charge in [-0.15, -0.1) is 0 Å². The fourth-order valence-corrected chi connectivity index (χ4v) is 2.83. The SMILES string of the molecule is CCS(=O)(=O)Nc1ccc(NC(=O)c2ccc(C)c(C)c2)cc1OC. The van der Waals surface area contributed by atoms with E-state index in [2.05, 4.69) is 10.0 Å². The molecule has 2 aromatic carbocycles. The summed E-state index contributed by atoms with van der Waals surface area (Å²) < 4.78 is 31.1. The van der Waals surface area contributed by atoms with Crippen LogP contribution in [0.5, 0.6) is 5.75 Å². The fraction of sp³-hybridized carbons (Fsp3) is 0.278. The van der Waals surface area contributed by atoms with Crippen LogP contribution in [0.25, 0.3) is 0 Å². The van der Waals surface area contributed by atoms with Gasteiger partial charge in [-0.05, 0) is 56.2 Å². The van der Waals surface area contributed by atoms with Crippen LogP contribution in [0, 0.1) is 13.8 Å². The first-order chi connectivity index (χ1) is 11.8. The Balaban J connectivity index is 2.22. The Morgan fingerprint density at radius 2 is 1.80 bits per heavy atom. The Hall–Kier alpha value is -2.54. The third-order valence-electron chi connectivity index (χ3n) is 3.87. The van der Waals surface area contributed by atoms with Gasteiger partial charge in [-0.25, -0.2) is 8.42 Å². The average molecular weight is 362 g/mol. The van der Waals surface area contributed by atoms with Crippen molar-refractivity contribution in [2.45, 2.75) is 20.8 Å². The molecule has 0 aromatic heterocycles. The van der Waals surface area contributed by atoms with Crippen LogP contribution in [0.1, 0.15) is 28.4 Å². The van der Waals surface area contributed by atoms with E-state index < -0.39 is 10.0 Å². The van der Waals surface area contributed by atoms with Crippen molar-refractivity contribution in [3.05, 3.63) is 53.1 Å². The molecule has 6 nitrogen and oxygen atoms in total. The molecule has 0 aliphatic heterocycles. The number of benzene rings is 2. The maximum atomic E-state index is 12.4. The van der Waals surface area contributed by atoms with Crippen LogP contribution in [0.15, 0.2) is 36.4 Å². The highest BCUT2D eigenvalue weighted by Crippen LogP contribution is 2.29. The van der Waals surface area contributed by atoms with Gasteiger partial charge in [0, 0.05) is 17.3 Å². The highest BCUT2D eigenvalue weighted by molar-refractivity contribution is 7.92. The quantitative estimate of drug-likeness (QED) is 0.825. The van der Waals surface area contributed by atoms with Crippen LogP contribution in [-0.4, -0.2) is 27.2 Å². The number of aryl methyl sites for hydroxylation is 2. The number of sulfonamides is 1. The molecule has 0 radical (unpaired) electrons. The molecule has 2 rings (SSSR count). The zero-order chi connectivity index (χ0) is 18.6. The summed E-state index contributed by atoms with van der Waals surface area (Å²) in [6.45, 7) is 5.48. The molecule has 0 aliphatic carbocycles. The summed E-state index contributed by atoms with van der Waals surface area (Å²) in [5.74, 6) is 0.0449. The van der Waals surface area contributed by atoms with Crippen molar-refractivity contribution >= 4 is 27.3 Å². The van der Waals surface area contributed by atoms with Gasteiger partial charge in [0.25, 0.3) is 5.91 Å². The number of ether oxygens (including phenoxy) is 1. The molecular formula is C18H22N2O4S. The summed E-state index contributed by atoms with van der Waals surface area (Å²) in [6.07, 6.45) is 0. The molecule has 0 saturated carbocycles.